The van der Waals surface area contributed by atoms with Crippen LogP contribution < -0.4 is 5.32 Å². The minimum absolute atomic E-state index is 0. The second-order valence-electron chi connectivity index (χ2n) is 8.94. The van der Waals surface area contributed by atoms with Crippen LogP contribution in [0.2, 0.25) is 0 Å². The quantitative estimate of drug-likeness (QED) is 0.365. The molecule has 27 heavy (non-hydrogen) atoms. The molecule has 0 aromatic heterocycles. The van der Waals surface area contributed by atoms with Gasteiger partial charge in [-0.05, 0) is 44.7 Å². The summed E-state index contributed by atoms with van der Waals surface area (Å²) in [6.07, 6.45) is 8.47. The Morgan fingerprint density at radius 1 is 1.22 bits per heavy atom. The van der Waals surface area contributed by atoms with Gasteiger partial charge in [-0.3, -0.25) is 4.99 Å². The van der Waals surface area contributed by atoms with Crippen molar-refractivity contribution < 1.29 is 4.74 Å². The number of likely N-dealkylation sites (tertiary alicyclic amines) is 1. The van der Waals surface area contributed by atoms with E-state index in [1.54, 1.807) is 0 Å². The largest absolute Gasteiger partial charge is 0.377 e. The molecule has 2 saturated heterocycles. The number of nitrogens with one attached hydrogen (secondary N) is 1. The highest BCUT2D eigenvalue weighted by Gasteiger charge is 2.65. The van der Waals surface area contributed by atoms with Gasteiger partial charge in [0.05, 0.1) is 6.10 Å². The number of aliphatic imine (C=N–C) groups is 1. The lowest BCUT2D eigenvalue weighted by atomic mass is 9.54. The molecule has 1 N–H and O–H groups in total. The van der Waals surface area contributed by atoms with Crippen LogP contribution in [0.1, 0.15) is 52.4 Å². The Labute approximate surface area is 182 Å². The molecule has 2 heterocycles. The van der Waals surface area contributed by atoms with Crippen molar-refractivity contribution in [2.24, 2.45) is 22.2 Å². The standard InChI is InChI=1S/C21H38N4O.HI/c1-4-24(5-2)14-16-8-12-25(15-16)20(22-3)23-18-17-9-13-26-19(17)21(18)10-6-7-11-21;/h16-19H,4-15H2,1-3H3,(H,22,23);1H. The molecule has 5 nitrogen and oxygen atoms in total. The van der Waals surface area contributed by atoms with E-state index in [1.807, 2.05) is 7.05 Å². The zero-order valence-electron chi connectivity index (χ0n) is 17.5. The molecule has 2 aliphatic heterocycles. The predicted octanol–water partition coefficient (Wildman–Crippen LogP) is 3.19. The highest BCUT2D eigenvalue weighted by molar-refractivity contribution is 14.0. The normalized spacial score (nSPS) is 34.7. The third-order valence-corrected chi connectivity index (χ3v) is 7.78. The van der Waals surface area contributed by atoms with Crippen molar-refractivity contribution in [1.29, 1.82) is 0 Å². The summed E-state index contributed by atoms with van der Waals surface area (Å²) >= 11 is 0. The van der Waals surface area contributed by atoms with Gasteiger partial charge >= 0.3 is 0 Å². The Balaban J connectivity index is 0.00000210. The first-order valence-electron chi connectivity index (χ1n) is 11.0. The lowest BCUT2D eigenvalue weighted by molar-refractivity contribution is -0.125. The second kappa shape index (κ2) is 9.16. The van der Waals surface area contributed by atoms with E-state index in [4.69, 9.17) is 9.73 Å². The van der Waals surface area contributed by atoms with Crippen LogP contribution in [0.4, 0.5) is 0 Å². The number of guanidine groups is 1. The first-order valence-corrected chi connectivity index (χ1v) is 11.0. The number of hydrogen-bond donors (Lipinski definition) is 1. The fraction of sp³-hybridized carbons (Fsp3) is 0.952. The molecule has 0 radical (unpaired) electrons. The third-order valence-electron chi connectivity index (χ3n) is 7.78. The molecule has 2 aliphatic carbocycles. The Bertz CT molecular complexity index is 518. The van der Waals surface area contributed by atoms with Gasteiger partial charge in [0.15, 0.2) is 5.96 Å². The van der Waals surface area contributed by atoms with Crippen molar-refractivity contribution in [3.8, 4) is 0 Å². The first-order chi connectivity index (χ1) is 12.7. The minimum Gasteiger partial charge on any atom is -0.377 e. The summed E-state index contributed by atoms with van der Waals surface area (Å²) in [6.45, 7) is 11.4. The van der Waals surface area contributed by atoms with Crippen LogP contribution in [-0.4, -0.2) is 74.3 Å². The lowest BCUT2D eigenvalue weighted by Crippen LogP contribution is -2.69. The van der Waals surface area contributed by atoms with Gasteiger partial charge in [-0.15, -0.1) is 24.0 Å². The van der Waals surface area contributed by atoms with Gasteiger partial charge in [-0.1, -0.05) is 26.7 Å². The van der Waals surface area contributed by atoms with Gasteiger partial charge in [-0.25, -0.2) is 0 Å². The summed E-state index contributed by atoms with van der Waals surface area (Å²) < 4.78 is 6.15. The number of ether oxygens (including phenoxy) is 1. The maximum atomic E-state index is 6.15. The SMILES string of the molecule is CCN(CC)CC1CCN(C(=NC)NC2C3CCOC3C23CCCC3)C1.I. The molecule has 4 unspecified atom stereocenters. The summed E-state index contributed by atoms with van der Waals surface area (Å²) in [5.74, 6) is 2.63. The first kappa shape index (κ1) is 21.6. The maximum Gasteiger partial charge on any atom is 0.193 e. The molecule has 0 bridgehead atoms. The molecule has 6 heteroatoms. The molecule has 156 valence electrons. The molecule has 0 aromatic carbocycles. The van der Waals surface area contributed by atoms with Gasteiger partial charge in [0, 0.05) is 50.7 Å². The summed E-state index contributed by atoms with van der Waals surface area (Å²) in [6, 6.07) is 0.582. The van der Waals surface area contributed by atoms with Gasteiger partial charge in [0.1, 0.15) is 0 Å². The van der Waals surface area contributed by atoms with E-state index >= 15 is 0 Å². The minimum atomic E-state index is 0. The van der Waals surface area contributed by atoms with E-state index in [0.29, 0.717) is 23.5 Å². The summed E-state index contributed by atoms with van der Waals surface area (Å²) in [5, 5.41) is 3.93. The van der Waals surface area contributed by atoms with Crippen LogP contribution in [0, 0.1) is 17.3 Å². The third kappa shape index (κ3) is 3.87. The highest BCUT2D eigenvalue weighted by Crippen LogP contribution is 2.60. The zero-order valence-corrected chi connectivity index (χ0v) is 19.8. The molecule has 0 aromatic rings. The number of hydrogen-bond acceptors (Lipinski definition) is 3. The summed E-state index contributed by atoms with van der Waals surface area (Å²) in [5.41, 5.74) is 0.400. The van der Waals surface area contributed by atoms with Crippen LogP contribution in [0.25, 0.3) is 0 Å². The fourth-order valence-electron chi connectivity index (χ4n) is 6.36. The van der Waals surface area contributed by atoms with Crippen molar-refractivity contribution in [3.05, 3.63) is 0 Å². The molecule has 4 aliphatic rings. The Hall–Kier alpha value is -0.0800. The van der Waals surface area contributed by atoms with Gasteiger partial charge < -0.3 is 19.9 Å². The monoisotopic (exact) mass is 490 g/mol. The Kier molecular flexibility index (Phi) is 7.34. The van der Waals surface area contributed by atoms with Crippen molar-refractivity contribution in [3.63, 3.8) is 0 Å². The van der Waals surface area contributed by atoms with Gasteiger partial charge in [0.25, 0.3) is 0 Å². The van der Waals surface area contributed by atoms with Crippen LogP contribution in [0.15, 0.2) is 4.99 Å². The van der Waals surface area contributed by atoms with E-state index in [9.17, 15) is 0 Å². The highest BCUT2D eigenvalue weighted by atomic mass is 127. The van der Waals surface area contributed by atoms with Gasteiger partial charge in [-0.2, -0.15) is 0 Å². The zero-order chi connectivity index (χ0) is 18.1. The van der Waals surface area contributed by atoms with Crippen LogP contribution in [-0.2, 0) is 4.74 Å². The predicted molar refractivity (Wildman–Crippen MR) is 122 cm³/mol. The Morgan fingerprint density at radius 3 is 2.63 bits per heavy atom. The van der Waals surface area contributed by atoms with E-state index < -0.39 is 0 Å². The van der Waals surface area contributed by atoms with E-state index in [-0.39, 0.29) is 24.0 Å². The summed E-state index contributed by atoms with van der Waals surface area (Å²) in [7, 11) is 1.96. The molecule has 2 saturated carbocycles. The maximum absolute atomic E-state index is 6.15. The molecule has 4 rings (SSSR count). The van der Waals surface area contributed by atoms with E-state index in [1.165, 1.54) is 45.1 Å². The van der Waals surface area contributed by atoms with Crippen molar-refractivity contribution in [2.75, 3.05) is 46.4 Å². The number of halogens is 1. The average Bonchev–Trinajstić information content (AvgIpc) is 3.40. The molecule has 4 fully saturated rings. The van der Waals surface area contributed by atoms with Crippen LogP contribution >= 0.6 is 24.0 Å². The second-order valence-corrected chi connectivity index (χ2v) is 8.94. The Morgan fingerprint density at radius 2 is 1.96 bits per heavy atom. The average molecular weight is 490 g/mol. The van der Waals surface area contributed by atoms with Crippen LogP contribution in [0.5, 0.6) is 0 Å². The lowest BCUT2D eigenvalue weighted by Gasteiger charge is -2.57. The van der Waals surface area contributed by atoms with E-state index in [0.717, 1.165) is 44.7 Å². The fourth-order valence-corrected chi connectivity index (χ4v) is 6.36. The van der Waals surface area contributed by atoms with Crippen LogP contribution in [0.3, 0.4) is 0 Å². The molecule has 0 amide bonds. The topological polar surface area (TPSA) is 40.1 Å². The number of rotatable bonds is 5. The van der Waals surface area contributed by atoms with Crippen molar-refractivity contribution >= 4 is 29.9 Å². The van der Waals surface area contributed by atoms with E-state index in [2.05, 4.69) is 29.0 Å². The van der Waals surface area contributed by atoms with Gasteiger partial charge in [0.2, 0.25) is 0 Å². The molecular weight excluding hydrogens is 451 g/mol. The molecule has 1 spiro atoms. The van der Waals surface area contributed by atoms with Crippen molar-refractivity contribution in [1.82, 2.24) is 15.1 Å². The number of fused-ring (bicyclic) bond motifs is 2. The summed E-state index contributed by atoms with van der Waals surface area (Å²) in [4.78, 5) is 9.77. The van der Waals surface area contributed by atoms with Crippen molar-refractivity contribution in [2.45, 2.75) is 64.5 Å². The molecular formula is C21H39IN4O. The molecule has 4 atom stereocenters. The number of nitrogens with zero attached hydrogens (tertiary/aromatic N) is 3. The smallest absolute Gasteiger partial charge is 0.193 e.